The molecule has 1 aliphatic rings. The summed E-state index contributed by atoms with van der Waals surface area (Å²) >= 11 is 0. The van der Waals surface area contributed by atoms with E-state index in [-0.39, 0.29) is 24.6 Å². The zero-order valence-corrected chi connectivity index (χ0v) is 10.2. The number of carbonyl (C=O) groups excluding carboxylic acids is 1. The van der Waals surface area contributed by atoms with Gasteiger partial charge in [-0.05, 0) is 19.3 Å². The third-order valence-electron chi connectivity index (χ3n) is 3.00. The van der Waals surface area contributed by atoms with E-state index < -0.39 is 12.0 Å². The van der Waals surface area contributed by atoms with Gasteiger partial charge in [0.2, 0.25) is 5.91 Å². The SMILES string of the molecule is COC1CCC(NCC(NC(C)=O)C(=O)O)C1. The van der Waals surface area contributed by atoms with Crippen molar-refractivity contribution in [2.45, 2.75) is 44.4 Å². The first-order valence-corrected chi connectivity index (χ1v) is 5.79. The smallest absolute Gasteiger partial charge is 0.327 e. The highest BCUT2D eigenvalue weighted by Gasteiger charge is 2.26. The minimum Gasteiger partial charge on any atom is -0.480 e. The van der Waals surface area contributed by atoms with Gasteiger partial charge in [-0.3, -0.25) is 4.79 Å². The van der Waals surface area contributed by atoms with E-state index in [2.05, 4.69) is 10.6 Å². The van der Waals surface area contributed by atoms with Gasteiger partial charge in [0.25, 0.3) is 0 Å². The van der Waals surface area contributed by atoms with Crippen LogP contribution in [0, 0.1) is 0 Å². The van der Waals surface area contributed by atoms with Gasteiger partial charge >= 0.3 is 5.97 Å². The Labute approximate surface area is 101 Å². The summed E-state index contributed by atoms with van der Waals surface area (Å²) in [5.41, 5.74) is 0. The van der Waals surface area contributed by atoms with Gasteiger partial charge in [-0.25, -0.2) is 4.79 Å². The van der Waals surface area contributed by atoms with Gasteiger partial charge in [0.05, 0.1) is 6.10 Å². The fraction of sp³-hybridized carbons (Fsp3) is 0.818. The van der Waals surface area contributed by atoms with Gasteiger partial charge in [0, 0.05) is 26.6 Å². The van der Waals surface area contributed by atoms with Crippen LogP contribution in [0.25, 0.3) is 0 Å². The summed E-state index contributed by atoms with van der Waals surface area (Å²) in [7, 11) is 1.68. The van der Waals surface area contributed by atoms with Gasteiger partial charge in [0.1, 0.15) is 6.04 Å². The Kier molecular flexibility index (Phi) is 5.37. The second kappa shape index (κ2) is 6.56. The normalized spacial score (nSPS) is 25.5. The molecule has 0 spiro atoms. The first kappa shape index (κ1) is 13.9. The molecule has 0 aromatic rings. The second-order valence-corrected chi connectivity index (χ2v) is 4.37. The summed E-state index contributed by atoms with van der Waals surface area (Å²) in [5, 5.41) is 14.5. The summed E-state index contributed by atoms with van der Waals surface area (Å²) in [5.74, 6) is -1.35. The van der Waals surface area contributed by atoms with Crippen molar-refractivity contribution in [3.8, 4) is 0 Å². The molecular formula is C11H20N2O4. The fourth-order valence-corrected chi connectivity index (χ4v) is 2.07. The van der Waals surface area contributed by atoms with E-state index in [1.807, 2.05) is 0 Å². The lowest BCUT2D eigenvalue weighted by Gasteiger charge is -2.18. The molecule has 6 heteroatoms. The Morgan fingerprint density at radius 1 is 1.47 bits per heavy atom. The third-order valence-corrected chi connectivity index (χ3v) is 3.00. The van der Waals surface area contributed by atoms with Crippen molar-refractivity contribution < 1.29 is 19.4 Å². The largest absolute Gasteiger partial charge is 0.480 e. The van der Waals surface area contributed by atoms with Gasteiger partial charge in [-0.2, -0.15) is 0 Å². The minimum absolute atomic E-state index is 0.246. The molecule has 3 unspecified atom stereocenters. The van der Waals surface area contributed by atoms with Crippen LogP contribution in [0.2, 0.25) is 0 Å². The first-order valence-electron chi connectivity index (χ1n) is 5.79. The molecule has 0 aromatic carbocycles. The van der Waals surface area contributed by atoms with Crippen LogP contribution in [0.1, 0.15) is 26.2 Å². The van der Waals surface area contributed by atoms with E-state index in [9.17, 15) is 9.59 Å². The first-order chi connectivity index (χ1) is 8.02. The van der Waals surface area contributed by atoms with Crippen molar-refractivity contribution in [1.29, 1.82) is 0 Å². The molecule has 1 saturated carbocycles. The molecule has 1 rings (SSSR count). The number of rotatable bonds is 6. The van der Waals surface area contributed by atoms with Crippen LogP contribution in [-0.2, 0) is 14.3 Å². The number of carbonyl (C=O) groups is 2. The lowest BCUT2D eigenvalue weighted by Crippen LogP contribution is -2.48. The van der Waals surface area contributed by atoms with Crippen molar-refractivity contribution >= 4 is 11.9 Å². The lowest BCUT2D eigenvalue weighted by molar-refractivity contribution is -0.141. The second-order valence-electron chi connectivity index (χ2n) is 4.37. The van der Waals surface area contributed by atoms with Crippen molar-refractivity contribution in [1.82, 2.24) is 10.6 Å². The van der Waals surface area contributed by atoms with Crippen LogP contribution >= 0.6 is 0 Å². The number of hydrogen-bond donors (Lipinski definition) is 3. The Bertz CT molecular complexity index is 283. The molecule has 17 heavy (non-hydrogen) atoms. The van der Waals surface area contributed by atoms with E-state index in [0.717, 1.165) is 19.3 Å². The molecule has 3 N–H and O–H groups in total. The standard InChI is InChI=1S/C11H20N2O4/c1-7(14)13-10(11(15)16)6-12-8-3-4-9(5-8)17-2/h8-10,12H,3-6H2,1-2H3,(H,13,14)(H,15,16). The average molecular weight is 244 g/mol. The van der Waals surface area contributed by atoms with Crippen molar-refractivity contribution in [2.24, 2.45) is 0 Å². The minimum atomic E-state index is -1.02. The Morgan fingerprint density at radius 2 is 2.18 bits per heavy atom. The third kappa shape index (κ3) is 4.70. The van der Waals surface area contributed by atoms with Crippen LogP contribution in [0.3, 0.4) is 0 Å². The van der Waals surface area contributed by atoms with Gasteiger partial charge in [-0.15, -0.1) is 0 Å². The van der Waals surface area contributed by atoms with Crippen LogP contribution in [0.5, 0.6) is 0 Å². The number of ether oxygens (including phenoxy) is 1. The lowest BCUT2D eigenvalue weighted by atomic mass is 10.2. The maximum atomic E-state index is 10.9. The number of nitrogens with one attached hydrogen (secondary N) is 2. The summed E-state index contributed by atoms with van der Waals surface area (Å²) in [6.45, 7) is 1.56. The van der Waals surface area contributed by atoms with Crippen LogP contribution < -0.4 is 10.6 Å². The maximum Gasteiger partial charge on any atom is 0.327 e. The fourth-order valence-electron chi connectivity index (χ4n) is 2.07. The molecule has 0 aromatic heterocycles. The van der Waals surface area contributed by atoms with Crippen LogP contribution in [0.4, 0.5) is 0 Å². The van der Waals surface area contributed by atoms with E-state index in [4.69, 9.17) is 9.84 Å². The Morgan fingerprint density at radius 3 is 2.65 bits per heavy atom. The van der Waals surface area contributed by atoms with E-state index in [1.165, 1.54) is 6.92 Å². The summed E-state index contributed by atoms with van der Waals surface area (Å²) in [6, 6.07) is -0.593. The van der Waals surface area contributed by atoms with E-state index in [0.29, 0.717) is 0 Å². The van der Waals surface area contributed by atoms with Crippen LogP contribution in [0.15, 0.2) is 0 Å². The number of carboxylic acids is 1. The number of carboxylic acid groups (broad SMARTS) is 1. The molecule has 1 aliphatic carbocycles. The summed E-state index contributed by atoms with van der Waals surface area (Å²) < 4.78 is 5.23. The number of hydrogen-bond acceptors (Lipinski definition) is 4. The molecule has 0 bridgehead atoms. The molecule has 1 fully saturated rings. The van der Waals surface area contributed by atoms with E-state index in [1.54, 1.807) is 7.11 Å². The number of amides is 1. The predicted octanol–water partition coefficient (Wildman–Crippen LogP) is -0.267. The van der Waals surface area contributed by atoms with Gasteiger partial charge < -0.3 is 20.5 Å². The summed E-state index contributed by atoms with van der Waals surface area (Å²) in [6.07, 6.45) is 3.12. The maximum absolute atomic E-state index is 10.9. The van der Waals surface area contributed by atoms with Crippen molar-refractivity contribution in [3.05, 3.63) is 0 Å². The monoisotopic (exact) mass is 244 g/mol. The van der Waals surface area contributed by atoms with Gasteiger partial charge in [0.15, 0.2) is 0 Å². The molecule has 1 amide bonds. The van der Waals surface area contributed by atoms with Gasteiger partial charge in [-0.1, -0.05) is 0 Å². The molecule has 0 heterocycles. The molecule has 3 atom stereocenters. The predicted molar refractivity (Wildman–Crippen MR) is 61.7 cm³/mol. The zero-order chi connectivity index (χ0) is 12.8. The topological polar surface area (TPSA) is 87.7 Å². The molecular weight excluding hydrogens is 224 g/mol. The Balaban J connectivity index is 2.32. The average Bonchev–Trinajstić information content (AvgIpc) is 2.71. The highest BCUT2D eigenvalue weighted by atomic mass is 16.5. The summed E-state index contributed by atoms with van der Waals surface area (Å²) in [4.78, 5) is 21.7. The van der Waals surface area contributed by atoms with E-state index >= 15 is 0 Å². The van der Waals surface area contributed by atoms with Crippen LogP contribution in [-0.4, -0.2) is 48.8 Å². The quantitative estimate of drug-likeness (QED) is 0.599. The highest BCUT2D eigenvalue weighted by Crippen LogP contribution is 2.21. The molecule has 0 saturated heterocycles. The zero-order valence-electron chi connectivity index (χ0n) is 10.2. The highest BCUT2D eigenvalue weighted by molar-refractivity contribution is 5.82. The molecule has 6 nitrogen and oxygen atoms in total. The molecule has 0 aliphatic heterocycles. The number of methoxy groups -OCH3 is 1. The number of aliphatic carboxylic acids is 1. The molecule has 98 valence electrons. The molecule has 0 radical (unpaired) electrons. The van der Waals surface area contributed by atoms with Crippen molar-refractivity contribution in [2.75, 3.05) is 13.7 Å². The van der Waals surface area contributed by atoms with Crippen molar-refractivity contribution in [3.63, 3.8) is 0 Å². The Hall–Kier alpha value is -1.14.